The normalized spacial score (nSPS) is 11.2. The lowest BCUT2D eigenvalue weighted by molar-refractivity contribution is 0.0429. The van der Waals surface area contributed by atoms with Gasteiger partial charge in [0.1, 0.15) is 5.82 Å². The van der Waals surface area contributed by atoms with Gasteiger partial charge in [0.2, 0.25) is 5.82 Å². The third-order valence-electron chi connectivity index (χ3n) is 4.75. The molecule has 0 amide bonds. The summed E-state index contributed by atoms with van der Waals surface area (Å²) in [5, 5.41) is 3.78. The van der Waals surface area contributed by atoms with Crippen LogP contribution >= 0.6 is 0 Å². The fourth-order valence-electron chi connectivity index (χ4n) is 2.96. The Morgan fingerprint density at radius 3 is 2.48 bits per heavy atom. The number of ether oxygens (including phenoxy) is 1. The van der Waals surface area contributed by atoms with Crippen LogP contribution in [0.15, 0.2) is 88.3 Å². The van der Waals surface area contributed by atoms with E-state index in [1.54, 1.807) is 30.3 Å². The molecule has 3 aromatic carbocycles. The number of hydrogen-bond donors (Lipinski definition) is 0. The fraction of sp³-hybridized carbons (Fsp3) is 0.0870. The lowest BCUT2D eigenvalue weighted by atomic mass is 10.2. The monoisotopic (exact) mass is 467 g/mol. The van der Waals surface area contributed by atoms with Crippen LogP contribution in [0.2, 0.25) is 0 Å². The fourth-order valence-corrected chi connectivity index (χ4v) is 4.20. The topological polar surface area (TPSA) is 103 Å². The van der Waals surface area contributed by atoms with Crippen LogP contribution in [0, 0.1) is 5.82 Å². The first-order valence-corrected chi connectivity index (χ1v) is 11.2. The molecule has 0 fully saturated rings. The molecule has 0 bridgehead atoms. The number of carbonyl (C=O) groups excluding carboxylic acids is 1. The highest BCUT2D eigenvalue weighted by atomic mass is 32.2. The van der Waals surface area contributed by atoms with Crippen molar-refractivity contribution in [2.75, 3.05) is 11.4 Å². The van der Waals surface area contributed by atoms with Gasteiger partial charge in [0.15, 0.2) is 6.61 Å². The van der Waals surface area contributed by atoms with E-state index in [1.165, 1.54) is 55.6 Å². The molecule has 4 rings (SSSR count). The first kappa shape index (κ1) is 22.2. The highest BCUT2D eigenvalue weighted by Gasteiger charge is 2.23. The zero-order valence-electron chi connectivity index (χ0n) is 17.4. The van der Waals surface area contributed by atoms with E-state index in [1.807, 2.05) is 0 Å². The summed E-state index contributed by atoms with van der Waals surface area (Å²) < 4.78 is 50.4. The molecule has 0 unspecified atom stereocenters. The van der Waals surface area contributed by atoms with Crippen molar-refractivity contribution >= 4 is 21.7 Å². The minimum atomic E-state index is -3.89. The van der Waals surface area contributed by atoms with Crippen LogP contribution in [0.4, 0.5) is 10.1 Å². The summed E-state index contributed by atoms with van der Waals surface area (Å²) in [7, 11) is -2.45. The van der Waals surface area contributed by atoms with Gasteiger partial charge in [-0.15, -0.1) is 0 Å². The van der Waals surface area contributed by atoms with Gasteiger partial charge in [-0.25, -0.2) is 17.6 Å². The number of nitrogens with zero attached hydrogens (tertiary/aromatic N) is 3. The zero-order valence-corrected chi connectivity index (χ0v) is 18.2. The van der Waals surface area contributed by atoms with Crippen LogP contribution in [0.5, 0.6) is 0 Å². The van der Waals surface area contributed by atoms with Crippen LogP contribution in [0.25, 0.3) is 11.4 Å². The number of para-hydroxylation sites is 1. The van der Waals surface area contributed by atoms with Gasteiger partial charge in [0.05, 0.1) is 16.1 Å². The summed E-state index contributed by atoms with van der Waals surface area (Å²) in [6, 6.07) is 19.7. The van der Waals surface area contributed by atoms with Crippen molar-refractivity contribution < 1.29 is 26.9 Å². The number of sulfonamides is 1. The average Bonchev–Trinajstić information content (AvgIpc) is 3.32. The second-order valence-electron chi connectivity index (χ2n) is 6.93. The molecule has 8 nitrogen and oxygen atoms in total. The molecule has 0 aliphatic rings. The molecule has 0 atom stereocenters. The zero-order chi connectivity index (χ0) is 23.4. The van der Waals surface area contributed by atoms with Crippen molar-refractivity contribution in [3.05, 3.63) is 96.1 Å². The quantitative estimate of drug-likeness (QED) is 0.378. The summed E-state index contributed by atoms with van der Waals surface area (Å²) in [6.45, 7) is -0.312. The summed E-state index contributed by atoms with van der Waals surface area (Å²) in [4.78, 5) is 16.5. The Labute approximate surface area is 189 Å². The molecule has 0 N–H and O–H groups in total. The van der Waals surface area contributed by atoms with E-state index in [0.29, 0.717) is 11.3 Å². The number of carbonyl (C=O) groups is 1. The van der Waals surface area contributed by atoms with Crippen molar-refractivity contribution in [3.63, 3.8) is 0 Å². The minimum Gasteiger partial charge on any atom is -0.452 e. The van der Waals surface area contributed by atoms with Gasteiger partial charge in [-0.05, 0) is 54.6 Å². The highest BCUT2D eigenvalue weighted by Crippen LogP contribution is 2.23. The lowest BCUT2D eigenvalue weighted by Crippen LogP contribution is -2.26. The molecule has 0 aliphatic carbocycles. The molecular weight excluding hydrogens is 449 g/mol. The summed E-state index contributed by atoms with van der Waals surface area (Å²) in [5.41, 5.74) is 1.08. The third-order valence-corrected chi connectivity index (χ3v) is 6.53. The molecule has 0 saturated heterocycles. The van der Waals surface area contributed by atoms with E-state index in [9.17, 15) is 17.6 Å². The van der Waals surface area contributed by atoms with Crippen molar-refractivity contribution in [1.82, 2.24) is 10.1 Å². The minimum absolute atomic E-state index is 0.0373. The second-order valence-corrected chi connectivity index (χ2v) is 8.90. The Kier molecular flexibility index (Phi) is 6.18. The molecule has 10 heteroatoms. The van der Waals surface area contributed by atoms with Gasteiger partial charge in [0.25, 0.3) is 15.9 Å². The number of benzene rings is 3. The van der Waals surface area contributed by atoms with Crippen LogP contribution in [-0.4, -0.2) is 31.6 Å². The van der Waals surface area contributed by atoms with Crippen molar-refractivity contribution in [2.24, 2.45) is 0 Å². The summed E-state index contributed by atoms with van der Waals surface area (Å²) in [6.07, 6.45) is 0. The molecular formula is C23H18FN3O5S. The molecule has 0 radical (unpaired) electrons. The first-order valence-electron chi connectivity index (χ1n) is 9.74. The standard InChI is InChI=1S/C23H18FN3O5S/c1-27(19-7-3-2-4-8-19)33(29,30)20-9-5-6-17(14-20)23(28)31-15-21-25-22(26-32-21)16-10-12-18(24)13-11-16/h2-14H,15H2,1H3. The number of halogens is 1. The summed E-state index contributed by atoms with van der Waals surface area (Å²) >= 11 is 0. The lowest BCUT2D eigenvalue weighted by Gasteiger charge is -2.19. The van der Waals surface area contributed by atoms with E-state index in [4.69, 9.17) is 9.26 Å². The largest absolute Gasteiger partial charge is 0.452 e. The smallest absolute Gasteiger partial charge is 0.338 e. The first-order chi connectivity index (χ1) is 15.8. The number of hydrogen-bond acceptors (Lipinski definition) is 7. The van der Waals surface area contributed by atoms with Crippen LogP contribution in [0.3, 0.4) is 0 Å². The van der Waals surface area contributed by atoms with E-state index in [2.05, 4.69) is 10.1 Å². The SMILES string of the molecule is CN(c1ccccc1)S(=O)(=O)c1cccc(C(=O)OCc2nc(-c3ccc(F)cc3)no2)c1. The third kappa shape index (κ3) is 4.90. The maximum Gasteiger partial charge on any atom is 0.338 e. The van der Waals surface area contributed by atoms with E-state index < -0.39 is 21.8 Å². The predicted molar refractivity (Wildman–Crippen MR) is 117 cm³/mol. The highest BCUT2D eigenvalue weighted by molar-refractivity contribution is 7.92. The molecule has 1 aromatic heterocycles. The van der Waals surface area contributed by atoms with E-state index in [-0.39, 0.29) is 28.8 Å². The number of anilines is 1. The van der Waals surface area contributed by atoms with Gasteiger partial charge >= 0.3 is 5.97 Å². The maximum atomic E-state index is 13.0. The van der Waals surface area contributed by atoms with Gasteiger partial charge in [-0.2, -0.15) is 4.98 Å². The molecule has 33 heavy (non-hydrogen) atoms. The Balaban J connectivity index is 1.45. The number of aromatic nitrogens is 2. The molecule has 1 heterocycles. The van der Waals surface area contributed by atoms with Gasteiger partial charge in [-0.1, -0.05) is 29.4 Å². The van der Waals surface area contributed by atoms with Crippen LogP contribution < -0.4 is 4.31 Å². The Bertz CT molecular complexity index is 1370. The van der Waals surface area contributed by atoms with Crippen LogP contribution in [0.1, 0.15) is 16.2 Å². The average molecular weight is 467 g/mol. The molecule has 0 spiro atoms. The summed E-state index contributed by atoms with van der Waals surface area (Å²) in [5.74, 6) is -0.889. The number of esters is 1. The molecule has 4 aromatic rings. The van der Waals surface area contributed by atoms with E-state index >= 15 is 0 Å². The number of rotatable bonds is 7. The molecule has 168 valence electrons. The van der Waals surface area contributed by atoms with Gasteiger partial charge < -0.3 is 9.26 Å². The second kappa shape index (κ2) is 9.21. The van der Waals surface area contributed by atoms with Crippen molar-refractivity contribution in [2.45, 2.75) is 11.5 Å². The molecule has 0 saturated carbocycles. The van der Waals surface area contributed by atoms with Gasteiger partial charge in [-0.3, -0.25) is 4.31 Å². The molecule has 0 aliphatic heterocycles. The Hall–Kier alpha value is -4.05. The Morgan fingerprint density at radius 2 is 1.76 bits per heavy atom. The van der Waals surface area contributed by atoms with Crippen molar-refractivity contribution in [3.8, 4) is 11.4 Å². The van der Waals surface area contributed by atoms with E-state index in [0.717, 1.165) is 4.31 Å². The predicted octanol–water partition coefficient (Wildman–Crippen LogP) is 4.06. The van der Waals surface area contributed by atoms with Crippen LogP contribution in [-0.2, 0) is 21.4 Å². The Morgan fingerprint density at radius 1 is 1.03 bits per heavy atom. The maximum absolute atomic E-state index is 13.0. The van der Waals surface area contributed by atoms with Gasteiger partial charge in [0, 0.05) is 12.6 Å². The van der Waals surface area contributed by atoms with Crippen molar-refractivity contribution in [1.29, 1.82) is 0 Å².